The Balaban J connectivity index is 2.27. The minimum atomic E-state index is -0.155. The van der Waals surface area contributed by atoms with Crippen molar-refractivity contribution in [3.05, 3.63) is 48.0 Å². The number of hydrogen-bond donors (Lipinski definition) is 1. The van der Waals surface area contributed by atoms with Gasteiger partial charge in [-0.2, -0.15) is 0 Å². The summed E-state index contributed by atoms with van der Waals surface area (Å²) in [5, 5.41) is 9.27. The molecular formula is C13H9BrO2. The number of phenolic OH excluding ortho intramolecular Hbond substituents is 1. The minimum absolute atomic E-state index is 0.155. The predicted octanol–water partition coefficient (Wildman–Crippen LogP) is 3.85. The molecule has 3 heteroatoms. The first kappa shape index (κ1) is 9.73. The van der Waals surface area contributed by atoms with Gasteiger partial charge < -0.3 is 9.84 Å². The predicted molar refractivity (Wildman–Crippen MR) is 65.8 cm³/mol. The molecule has 0 amide bonds. The van der Waals surface area contributed by atoms with Crippen LogP contribution in [0.25, 0.3) is 11.1 Å². The van der Waals surface area contributed by atoms with Crippen LogP contribution in [-0.2, 0) is 0 Å². The van der Waals surface area contributed by atoms with Gasteiger partial charge in [-0.05, 0) is 33.6 Å². The van der Waals surface area contributed by atoms with Crippen LogP contribution < -0.4 is 4.74 Å². The highest BCUT2D eigenvalue weighted by atomic mass is 79.9. The third kappa shape index (κ3) is 1.39. The Labute approximate surface area is 102 Å². The smallest absolute Gasteiger partial charge is 0.179 e. The van der Waals surface area contributed by atoms with Crippen molar-refractivity contribution in [2.75, 3.05) is 0 Å². The van der Waals surface area contributed by atoms with Crippen molar-refractivity contribution in [2.24, 2.45) is 0 Å². The van der Waals surface area contributed by atoms with E-state index in [1.165, 1.54) is 0 Å². The lowest BCUT2D eigenvalue weighted by Crippen LogP contribution is -2.08. The summed E-state index contributed by atoms with van der Waals surface area (Å²) in [6, 6.07) is 13.3. The molecule has 1 aliphatic rings. The highest BCUT2D eigenvalue weighted by Gasteiger charge is 2.23. The average molecular weight is 277 g/mol. The fourth-order valence-corrected chi connectivity index (χ4v) is 2.55. The Morgan fingerprint density at radius 1 is 1.06 bits per heavy atom. The number of ether oxygens (including phenoxy) is 1. The van der Waals surface area contributed by atoms with Gasteiger partial charge in [0.1, 0.15) is 11.5 Å². The fourth-order valence-electron chi connectivity index (χ4n) is 1.95. The quantitative estimate of drug-likeness (QED) is 0.741. The first-order chi connectivity index (χ1) is 7.75. The van der Waals surface area contributed by atoms with Gasteiger partial charge in [-0.1, -0.05) is 24.3 Å². The van der Waals surface area contributed by atoms with E-state index < -0.39 is 0 Å². The second-order valence-electron chi connectivity index (χ2n) is 3.70. The Morgan fingerprint density at radius 3 is 2.75 bits per heavy atom. The van der Waals surface area contributed by atoms with Crippen LogP contribution in [-0.4, -0.2) is 5.11 Å². The number of fused-ring (bicyclic) bond motifs is 3. The molecular weight excluding hydrogens is 268 g/mol. The number of benzene rings is 2. The van der Waals surface area contributed by atoms with Gasteiger partial charge in [0.15, 0.2) is 5.01 Å². The maximum Gasteiger partial charge on any atom is 0.179 e. The number of alkyl halides is 1. The standard InChI is InChI=1S/C13H9BrO2/c14-13-11-4-2-1-3-9(11)10-6-5-8(15)7-12(10)16-13/h1-7,13,15H. The van der Waals surface area contributed by atoms with E-state index in [-0.39, 0.29) is 10.8 Å². The molecule has 0 radical (unpaired) electrons. The summed E-state index contributed by atoms with van der Waals surface area (Å²) in [6.07, 6.45) is 0. The van der Waals surface area contributed by atoms with E-state index in [1.54, 1.807) is 12.1 Å². The average Bonchev–Trinajstić information content (AvgIpc) is 2.29. The van der Waals surface area contributed by atoms with Crippen molar-refractivity contribution in [1.29, 1.82) is 0 Å². The van der Waals surface area contributed by atoms with Crippen LogP contribution in [0.3, 0.4) is 0 Å². The van der Waals surface area contributed by atoms with Crippen LogP contribution in [0.1, 0.15) is 10.6 Å². The Bertz CT molecular complexity index is 551. The minimum Gasteiger partial charge on any atom is -0.508 e. The third-order valence-corrected chi connectivity index (χ3v) is 3.37. The number of rotatable bonds is 0. The molecule has 0 aromatic heterocycles. The summed E-state index contributed by atoms with van der Waals surface area (Å²) in [5.74, 6) is 0.929. The van der Waals surface area contributed by atoms with E-state index in [0.29, 0.717) is 5.75 Å². The highest BCUT2D eigenvalue weighted by molar-refractivity contribution is 9.09. The van der Waals surface area contributed by atoms with Gasteiger partial charge in [0.25, 0.3) is 0 Å². The molecule has 0 saturated heterocycles. The van der Waals surface area contributed by atoms with E-state index in [1.807, 2.05) is 24.3 Å². The molecule has 1 aliphatic heterocycles. The van der Waals surface area contributed by atoms with Crippen LogP contribution in [0.4, 0.5) is 0 Å². The number of hydrogen-bond acceptors (Lipinski definition) is 2. The van der Waals surface area contributed by atoms with Gasteiger partial charge in [0.2, 0.25) is 0 Å². The van der Waals surface area contributed by atoms with Gasteiger partial charge in [0.05, 0.1) is 0 Å². The first-order valence-corrected chi connectivity index (χ1v) is 5.90. The van der Waals surface area contributed by atoms with Crippen LogP contribution >= 0.6 is 15.9 Å². The molecule has 2 aromatic rings. The highest BCUT2D eigenvalue weighted by Crippen LogP contribution is 2.45. The monoisotopic (exact) mass is 276 g/mol. The number of phenols is 1. The summed E-state index contributed by atoms with van der Waals surface area (Å²) >= 11 is 3.48. The summed E-state index contributed by atoms with van der Waals surface area (Å²) in [4.78, 5) is 0. The summed E-state index contributed by atoms with van der Waals surface area (Å²) < 4.78 is 5.70. The van der Waals surface area contributed by atoms with Gasteiger partial charge in [0, 0.05) is 17.2 Å². The van der Waals surface area contributed by atoms with Crippen LogP contribution in [0.5, 0.6) is 11.5 Å². The molecule has 1 unspecified atom stereocenters. The Hall–Kier alpha value is -1.48. The maximum absolute atomic E-state index is 9.43. The molecule has 3 rings (SSSR count). The van der Waals surface area contributed by atoms with Crippen LogP contribution in [0.15, 0.2) is 42.5 Å². The molecule has 2 nitrogen and oxygen atoms in total. The molecule has 0 spiro atoms. The molecule has 1 heterocycles. The summed E-state index contributed by atoms with van der Waals surface area (Å²) in [6.45, 7) is 0. The van der Waals surface area contributed by atoms with Crippen molar-refractivity contribution in [2.45, 2.75) is 5.01 Å². The largest absolute Gasteiger partial charge is 0.508 e. The molecule has 2 aromatic carbocycles. The molecule has 16 heavy (non-hydrogen) atoms. The molecule has 0 bridgehead atoms. The van der Waals surface area contributed by atoms with E-state index >= 15 is 0 Å². The molecule has 1 N–H and O–H groups in total. The fraction of sp³-hybridized carbons (Fsp3) is 0.0769. The maximum atomic E-state index is 9.43. The van der Waals surface area contributed by atoms with Gasteiger partial charge in [-0.15, -0.1) is 0 Å². The molecule has 0 saturated carbocycles. The zero-order chi connectivity index (χ0) is 11.1. The topological polar surface area (TPSA) is 29.5 Å². The van der Waals surface area contributed by atoms with Crippen LogP contribution in [0.2, 0.25) is 0 Å². The van der Waals surface area contributed by atoms with Crippen molar-refractivity contribution in [1.82, 2.24) is 0 Å². The molecule has 1 atom stereocenters. The SMILES string of the molecule is Oc1ccc2c(c1)OC(Br)c1ccccc1-2. The zero-order valence-corrected chi connectivity index (χ0v) is 9.94. The molecule has 0 fully saturated rings. The van der Waals surface area contributed by atoms with Crippen molar-refractivity contribution >= 4 is 15.9 Å². The normalized spacial score (nSPS) is 17.2. The second-order valence-corrected chi connectivity index (χ2v) is 4.53. The first-order valence-electron chi connectivity index (χ1n) is 4.99. The molecule has 80 valence electrons. The Kier molecular flexibility index (Phi) is 2.14. The molecule has 0 aliphatic carbocycles. The van der Waals surface area contributed by atoms with Gasteiger partial charge >= 0.3 is 0 Å². The van der Waals surface area contributed by atoms with Crippen molar-refractivity contribution in [3.8, 4) is 22.6 Å². The van der Waals surface area contributed by atoms with Crippen LogP contribution in [0, 0.1) is 0 Å². The Morgan fingerprint density at radius 2 is 1.88 bits per heavy atom. The van der Waals surface area contributed by atoms with E-state index in [9.17, 15) is 5.11 Å². The third-order valence-electron chi connectivity index (χ3n) is 2.69. The van der Waals surface area contributed by atoms with E-state index in [0.717, 1.165) is 16.7 Å². The van der Waals surface area contributed by atoms with Crippen molar-refractivity contribution in [3.63, 3.8) is 0 Å². The van der Waals surface area contributed by atoms with Crippen molar-refractivity contribution < 1.29 is 9.84 Å². The lowest BCUT2D eigenvalue weighted by molar-refractivity contribution is 0.296. The van der Waals surface area contributed by atoms with E-state index in [2.05, 4.69) is 22.0 Å². The summed E-state index contributed by atoms with van der Waals surface area (Å²) in [7, 11) is 0. The lowest BCUT2D eigenvalue weighted by atomic mass is 9.97. The number of aromatic hydroxyl groups is 1. The zero-order valence-electron chi connectivity index (χ0n) is 8.35. The second kappa shape index (κ2) is 3.52. The summed E-state index contributed by atoms with van der Waals surface area (Å²) in [5.41, 5.74) is 3.27. The lowest BCUT2D eigenvalue weighted by Gasteiger charge is -2.25. The van der Waals surface area contributed by atoms with Gasteiger partial charge in [-0.25, -0.2) is 0 Å². The van der Waals surface area contributed by atoms with E-state index in [4.69, 9.17) is 4.74 Å². The number of halogens is 1. The van der Waals surface area contributed by atoms with Gasteiger partial charge in [-0.3, -0.25) is 0 Å².